The van der Waals surface area contributed by atoms with Crippen molar-refractivity contribution in [2.45, 2.75) is 17.7 Å². The van der Waals surface area contributed by atoms with Crippen molar-refractivity contribution in [1.82, 2.24) is 18.9 Å². The topological polar surface area (TPSA) is 96.7 Å². The Morgan fingerprint density at radius 2 is 1.83 bits per heavy atom. The summed E-state index contributed by atoms with van der Waals surface area (Å²) in [5.41, 5.74) is 1.07. The third-order valence-electron chi connectivity index (χ3n) is 4.88. The molecule has 3 heterocycles. The number of anilines is 1. The fourth-order valence-electron chi connectivity index (χ4n) is 3.37. The lowest BCUT2D eigenvalue weighted by Crippen LogP contribution is -2.41. The van der Waals surface area contributed by atoms with E-state index in [2.05, 4.69) is 15.4 Å². The molecule has 4 rings (SSSR count). The molecule has 0 aliphatic carbocycles. The summed E-state index contributed by atoms with van der Waals surface area (Å²) in [6, 6.07) is 6.32. The lowest BCUT2D eigenvalue weighted by Gasteiger charge is -2.30. The van der Waals surface area contributed by atoms with Gasteiger partial charge in [0.2, 0.25) is 15.9 Å². The highest BCUT2D eigenvalue weighted by molar-refractivity contribution is 7.89. The van der Waals surface area contributed by atoms with Gasteiger partial charge in [0.15, 0.2) is 5.65 Å². The van der Waals surface area contributed by atoms with Crippen LogP contribution in [0, 0.1) is 5.92 Å². The average molecular weight is 454 g/mol. The summed E-state index contributed by atoms with van der Waals surface area (Å²) < 4.78 is 28.8. The van der Waals surface area contributed by atoms with Crippen molar-refractivity contribution in [3.63, 3.8) is 0 Å². The Morgan fingerprint density at radius 1 is 1.14 bits per heavy atom. The lowest BCUT2D eigenvalue weighted by atomic mass is 9.97. The Hall–Kier alpha value is -2.20. The van der Waals surface area contributed by atoms with Crippen LogP contribution in [0.25, 0.3) is 5.65 Å². The van der Waals surface area contributed by atoms with Crippen LogP contribution >= 0.6 is 23.2 Å². The highest BCUT2D eigenvalue weighted by atomic mass is 35.5. The molecule has 0 atom stereocenters. The van der Waals surface area contributed by atoms with Crippen molar-refractivity contribution in [2.24, 2.45) is 5.92 Å². The molecule has 11 heteroatoms. The minimum Gasteiger partial charge on any atom is -0.321 e. The number of carbonyl (C=O) groups is 1. The van der Waals surface area contributed by atoms with Crippen LogP contribution in [0.5, 0.6) is 0 Å². The van der Waals surface area contributed by atoms with Crippen molar-refractivity contribution < 1.29 is 13.2 Å². The van der Waals surface area contributed by atoms with Gasteiger partial charge in [-0.1, -0.05) is 29.3 Å². The molecule has 0 unspecified atom stereocenters. The number of sulfonamides is 1. The van der Waals surface area contributed by atoms with E-state index in [4.69, 9.17) is 23.2 Å². The number of rotatable bonds is 4. The van der Waals surface area contributed by atoms with E-state index in [1.54, 1.807) is 35.2 Å². The number of aromatic nitrogens is 3. The van der Waals surface area contributed by atoms with Crippen LogP contribution in [-0.4, -0.2) is 46.3 Å². The first-order chi connectivity index (χ1) is 13.9. The maximum Gasteiger partial charge on any atom is 0.246 e. The van der Waals surface area contributed by atoms with Gasteiger partial charge >= 0.3 is 0 Å². The Morgan fingerprint density at radius 3 is 2.52 bits per heavy atom. The molecule has 1 aromatic carbocycles. The molecule has 2 aromatic heterocycles. The monoisotopic (exact) mass is 453 g/mol. The minimum atomic E-state index is -3.84. The number of amides is 1. The van der Waals surface area contributed by atoms with Gasteiger partial charge in [0.05, 0.1) is 16.2 Å². The Bertz CT molecular complexity index is 1150. The molecule has 1 aliphatic rings. The quantitative estimate of drug-likeness (QED) is 0.654. The van der Waals surface area contributed by atoms with E-state index in [0.717, 1.165) is 0 Å². The van der Waals surface area contributed by atoms with E-state index >= 15 is 0 Å². The molecular weight excluding hydrogens is 437 g/mol. The molecule has 1 N–H and O–H groups in total. The van der Waals surface area contributed by atoms with Gasteiger partial charge in [0.1, 0.15) is 10.6 Å². The van der Waals surface area contributed by atoms with Gasteiger partial charge in [-0.05, 0) is 31.0 Å². The van der Waals surface area contributed by atoms with Gasteiger partial charge in [-0.3, -0.25) is 4.79 Å². The fourth-order valence-corrected chi connectivity index (χ4v) is 5.93. The molecule has 1 amide bonds. The molecule has 3 aromatic rings. The third kappa shape index (κ3) is 3.83. The van der Waals surface area contributed by atoms with Crippen molar-refractivity contribution in [1.29, 1.82) is 0 Å². The van der Waals surface area contributed by atoms with E-state index in [1.807, 2.05) is 0 Å². The Labute approximate surface area is 177 Å². The highest BCUT2D eigenvalue weighted by Gasteiger charge is 2.34. The minimum absolute atomic E-state index is 0.0814. The van der Waals surface area contributed by atoms with E-state index in [1.165, 1.54) is 16.4 Å². The van der Waals surface area contributed by atoms with Crippen LogP contribution in [0.3, 0.4) is 0 Å². The average Bonchev–Trinajstić information content (AvgIpc) is 3.11. The van der Waals surface area contributed by atoms with Crippen molar-refractivity contribution in [3.05, 3.63) is 52.9 Å². The maximum atomic E-state index is 12.9. The molecule has 0 spiro atoms. The molecule has 1 fully saturated rings. The second-order valence-corrected chi connectivity index (χ2v) is 9.35. The van der Waals surface area contributed by atoms with Crippen LogP contribution in [0.1, 0.15) is 12.8 Å². The summed E-state index contributed by atoms with van der Waals surface area (Å²) in [5.74, 6) is -0.500. The second-order valence-electron chi connectivity index (χ2n) is 6.66. The molecule has 0 bridgehead atoms. The van der Waals surface area contributed by atoms with Gasteiger partial charge in [-0.25, -0.2) is 17.9 Å². The number of hydrogen-bond donors (Lipinski definition) is 1. The number of carbonyl (C=O) groups excluding carboxylic acids is 1. The summed E-state index contributed by atoms with van der Waals surface area (Å²) in [7, 11) is -3.84. The molecular formula is C18H17Cl2N5O3S. The SMILES string of the molecule is O=C(Nc1cnn2cccnc12)C1CCN(S(=O)(=O)c2c(Cl)cccc2Cl)CC1. The number of piperidine rings is 1. The molecule has 1 aliphatic heterocycles. The number of hydrogen-bond acceptors (Lipinski definition) is 5. The molecule has 0 radical (unpaired) electrons. The van der Waals surface area contributed by atoms with Gasteiger partial charge in [-0.15, -0.1) is 0 Å². The Kier molecular flexibility index (Phi) is 5.48. The number of nitrogens with zero attached hydrogens (tertiary/aromatic N) is 4. The van der Waals surface area contributed by atoms with Crippen molar-refractivity contribution in [2.75, 3.05) is 18.4 Å². The molecule has 152 valence electrons. The van der Waals surface area contributed by atoms with Crippen LogP contribution in [-0.2, 0) is 14.8 Å². The number of benzene rings is 1. The summed E-state index contributed by atoms with van der Waals surface area (Å²) in [6.07, 6.45) is 5.68. The lowest BCUT2D eigenvalue weighted by molar-refractivity contribution is -0.120. The summed E-state index contributed by atoms with van der Waals surface area (Å²) in [5, 5.41) is 7.14. The molecule has 29 heavy (non-hydrogen) atoms. The standard InChI is InChI=1S/C18H17Cl2N5O3S/c19-13-3-1-4-14(20)16(13)29(27,28)24-9-5-12(6-10-24)18(26)23-15-11-22-25-8-2-7-21-17(15)25/h1-4,7-8,11-12H,5-6,9-10H2,(H,23,26). The number of nitrogens with one attached hydrogen (secondary N) is 1. The highest BCUT2D eigenvalue weighted by Crippen LogP contribution is 2.33. The van der Waals surface area contributed by atoms with Gasteiger partial charge in [0.25, 0.3) is 0 Å². The van der Waals surface area contributed by atoms with Crippen LogP contribution in [0.2, 0.25) is 10.0 Å². The maximum absolute atomic E-state index is 12.9. The first-order valence-electron chi connectivity index (χ1n) is 8.91. The smallest absolute Gasteiger partial charge is 0.246 e. The zero-order valence-corrected chi connectivity index (χ0v) is 17.5. The van der Waals surface area contributed by atoms with Crippen LogP contribution < -0.4 is 5.32 Å². The Balaban J connectivity index is 1.44. The largest absolute Gasteiger partial charge is 0.321 e. The van der Waals surface area contributed by atoms with Gasteiger partial charge < -0.3 is 5.32 Å². The van der Waals surface area contributed by atoms with Gasteiger partial charge in [0, 0.05) is 31.4 Å². The number of halogens is 2. The fraction of sp³-hybridized carbons (Fsp3) is 0.278. The van der Waals surface area contributed by atoms with E-state index in [-0.39, 0.29) is 39.9 Å². The van der Waals surface area contributed by atoms with E-state index in [0.29, 0.717) is 24.2 Å². The summed E-state index contributed by atoms with van der Waals surface area (Å²) in [4.78, 5) is 16.8. The van der Waals surface area contributed by atoms with E-state index in [9.17, 15) is 13.2 Å². The van der Waals surface area contributed by atoms with E-state index < -0.39 is 10.0 Å². The predicted molar refractivity (Wildman–Crippen MR) is 110 cm³/mol. The first kappa shape index (κ1) is 20.1. The van der Waals surface area contributed by atoms with Crippen molar-refractivity contribution in [3.8, 4) is 0 Å². The molecule has 1 saturated heterocycles. The van der Waals surface area contributed by atoms with Crippen LogP contribution in [0.4, 0.5) is 5.69 Å². The predicted octanol–water partition coefficient (Wildman–Crippen LogP) is 3.08. The van der Waals surface area contributed by atoms with Crippen molar-refractivity contribution >= 4 is 50.5 Å². The third-order valence-corrected chi connectivity index (χ3v) is 7.73. The van der Waals surface area contributed by atoms with Gasteiger partial charge in [-0.2, -0.15) is 9.40 Å². The zero-order valence-electron chi connectivity index (χ0n) is 15.1. The van der Waals surface area contributed by atoms with Crippen LogP contribution in [0.15, 0.2) is 47.8 Å². The first-order valence-corrected chi connectivity index (χ1v) is 11.1. The number of fused-ring (bicyclic) bond motifs is 1. The second kappa shape index (κ2) is 7.91. The normalized spacial score (nSPS) is 16.2. The summed E-state index contributed by atoms with van der Waals surface area (Å²) in [6.45, 7) is 0.407. The molecule has 0 saturated carbocycles. The molecule has 8 nitrogen and oxygen atoms in total. The zero-order chi connectivity index (χ0) is 20.6. The summed E-state index contributed by atoms with van der Waals surface area (Å²) >= 11 is 12.1.